The number of alkyl halides is 3. The maximum atomic E-state index is 12.8. The molecule has 3 nitrogen and oxygen atoms in total. The Balaban J connectivity index is 2.03. The highest BCUT2D eigenvalue weighted by atomic mass is 19.4. The first-order valence-corrected chi connectivity index (χ1v) is 6.70. The zero-order valence-electron chi connectivity index (χ0n) is 11.5. The van der Waals surface area contributed by atoms with E-state index in [1.54, 1.807) is 16.7 Å². The second-order valence-corrected chi connectivity index (χ2v) is 4.96. The lowest BCUT2D eigenvalue weighted by atomic mass is 10.1. The van der Waals surface area contributed by atoms with Gasteiger partial charge in [0.15, 0.2) is 0 Å². The van der Waals surface area contributed by atoms with Gasteiger partial charge in [0.1, 0.15) is 12.4 Å². The minimum Gasteiger partial charge on any atom is -0.388 e. The van der Waals surface area contributed by atoms with Crippen LogP contribution in [0.1, 0.15) is 17.0 Å². The third-order valence-electron chi connectivity index (χ3n) is 3.47. The van der Waals surface area contributed by atoms with Gasteiger partial charge >= 0.3 is 6.18 Å². The van der Waals surface area contributed by atoms with E-state index in [4.69, 9.17) is 0 Å². The molecule has 0 atom stereocenters. The quantitative estimate of drug-likeness (QED) is 0.803. The molecule has 0 unspecified atom stereocenters. The van der Waals surface area contributed by atoms with Crippen molar-refractivity contribution in [3.63, 3.8) is 0 Å². The molecule has 1 heterocycles. The van der Waals surface area contributed by atoms with Gasteiger partial charge in [-0.25, -0.2) is 4.98 Å². The Morgan fingerprint density at radius 2 is 1.82 bits per heavy atom. The summed E-state index contributed by atoms with van der Waals surface area (Å²) in [5, 5.41) is 9.42. The summed E-state index contributed by atoms with van der Waals surface area (Å²) >= 11 is 0. The number of halogens is 3. The van der Waals surface area contributed by atoms with Crippen molar-refractivity contribution in [2.45, 2.75) is 19.3 Å². The van der Waals surface area contributed by atoms with Crippen LogP contribution in [0.2, 0.25) is 0 Å². The molecule has 3 rings (SSSR count). The molecule has 0 bridgehead atoms. The predicted octanol–water partition coefficient (Wildman–Crippen LogP) is 3.60. The maximum Gasteiger partial charge on any atom is 0.416 e. The van der Waals surface area contributed by atoms with Crippen LogP contribution < -0.4 is 0 Å². The molecule has 0 aliphatic carbocycles. The Morgan fingerprint density at radius 3 is 2.55 bits per heavy atom. The van der Waals surface area contributed by atoms with E-state index in [-0.39, 0.29) is 13.2 Å². The number of para-hydroxylation sites is 2. The van der Waals surface area contributed by atoms with Crippen LogP contribution >= 0.6 is 0 Å². The van der Waals surface area contributed by atoms with E-state index in [1.165, 1.54) is 6.07 Å². The van der Waals surface area contributed by atoms with Crippen molar-refractivity contribution in [2.75, 3.05) is 0 Å². The summed E-state index contributed by atoms with van der Waals surface area (Å²) in [4.78, 5) is 4.29. The smallest absolute Gasteiger partial charge is 0.388 e. The van der Waals surface area contributed by atoms with Gasteiger partial charge in [-0.05, 0) is 29.8 Å². The van der Waals surface area contributed by atoms with E-state index < -0.39 is 11.7 Å². The second kappa shape index (κ2) is 5.46. The Hall–Kier alpha value is -2.34. The van der Waals surface area contributed by atoms with Gasteiger partial charge in [0.05, 0.1) is 16.6 Å². The van der Waals surface area contributed by atoms with E-state index in [0.717, 1.165) is 17.6 Å². The van der Waals surface area contributed by atoms with Gasteiger partial charge in [-0.2, -0.15) is 13.2 Å². The number of aliphatic hydroxyl groups is 1. The standard InChI is InChI=1S/C16H13F3N2O/c17-16(18,19)12-5-3-4-11(8-12)9-21-14-7-2-1-6-13(14)20-15(21)10-22/h1-8,22H,9-10H2. The fraction of sp³-hybridized carbons (Fsp3) is 0.188. The Morgan fingerprint density at radius 1 is 1.05 bits per heavy atom. The van der Waals surface area contributed by atoms with E-state index in [2.05, 4.69) is 4.98 Å². The van der Waals surface area contributed by atoms with E-state index in [9.17, 15) is 18.3 Å². The van der Waals surface area contributed by atoms with Gasteiger partial charge in [0, 0.05) is 6.54 Å². The summed E-state index contributed by atoms with van der Waals surface area (Å²) in [7, 11) is 0. The first-order chi connectivity index (χ1) is 10.5. The molecular weight excluding hydrogens is 293 g/mol. The molecule has 0 aliphatic rings. The molecular formula is C16H13F3N2O. The van der Waals surface area contributed by atoms with Crippen molar-refractivity contribution in [1.29, 1.82) is 0 Å². The van der Waals surface area contributed by atoms with Gasteiger partial charge in [-0.1, -0.05) is 24.3 Å². The average Bonchev–Trinajstić information content (AvgIpc) is 2.85. The Kier molecular flexibility index (Phi) is 3.62. The van der Waals surface area contributed by atoms with Gasteiger partial charge in [-0.3, -0.25) is 0 Å². The third-order valence-corrected chi connectivity index (χ3v) is 3.47. The molecule has 114 valence electrons. The summed E-state index contributed by atoms with van der Waals surface area (Å²) < 4.78 is 40.1. The zero-order chi connectivity index (χ0) is 15.7. The fourth-order valence-corrected chi connectivity index (χ4v) is 2.45. The topological polar surface area (TPSA) is 38.1 Å². The van der Waals surface area contributed by atoms with E-state index in [1.807, 2.05) is 18.2 Å². The number of aromatic nitrogens is 2. The van der Waals surface area contributed by atoms with Crippen molar-refractivity contribution in [1.82, 2.24) is 9.55 Å². The molecule has 0 saturated carbocycles. The fourth-order valence-electron chi connectivity index (χ4n) is 2.45. The van der Waals surface area contributed by atoms with Crippen molar-refractivity contribution >= 4 is 11.0 Å². The molecule has 1 N–H and O–H groups in total. The SMILES string of the molecule is OCc1nc2ccccc2n1Cc1cccc(C(F)(F)F)c1. The molecule has 0 spiro atoms. The van der Waals surface area contributed by atoms with Crippen molar-refractivity contribution < 1.29 is 18.3 Å². The van der Waals surface area contributed by atoms with Gasteiger partial charge in [0.25, 0.3) is 0 Å². The third kappa shape index (κ3) is 2.69. The number of nitrogens with zero attached hydrogens (tertiary/aromatic N) is 2. The lowest BCUT2D eigenvalue weighted by Crippen LogP contribution is -2.08. The first kappa shape index (κ1) is 14.6. The number of aliphatic hydroxyl groups excluding tert-OH is 1. The minimum absolute atomic E-state index is 0.223. The average molecular weight is 306 g/mol. The van der Waals surface area contributed by atoms with Crippen molar-refractivity contribution in [3.8, 4) is 0 Å². The highest BCUT2D eigenvalue weighted by Gasteiger charge is 2.30. The van der Waals surface area contributed by atoms with Gasteiger partial charge < -0.3 is 9.67 Å². The van der Waals surface area contributed by atoms with Crippen LogP contribution in [0.25, 0.3) is 11.0 Å². The molecule has 0 saturated heterocycles. The maximum absolute atomic E-state index is 12.8. The second-order valence-electron chi connectivity index (χ2n) is 4.96. The highest BCUT2D eigenvalue weighted by molar-refractivity contribution is 5.76. The summed E-state index contributed by atoms with van der Waals surface area (Å²) in [6.07, 6.45) is -4.37. The largest absolute Gasteiger partial charge is 0.416 e. The summed E-state index contributed by atoms with van der Waals surface area (Å²) in [5.41, 5.74) is 1.31. The van der Waals surface area contributed by atoms with E-state index in [0.29, 0.717) is 16.9 Å². The molecule has 2 aromatic carbocycles. The van der Waals surface area contributed by atoms with Crippen LogP contribution in [0.4, 0.5) is 13.2 Å². The summed E-state index contributed by atoms with van der Waals surface area (Å²) in [5.74, 6) is 0.429. The molecule has 0 fully saturated rings. The summed E-state index contributed by atoms with van der Waals surface area (Å²) in [6.45, 7) is -0.0477. The monoisotopic (exact) mass is 306 g/mol. The highest BCUT2D eigenvalue weighted by Crippen LogP contribution is 2.30. The Labute approximate surface area is 124 Å². The van der Waals surface area contributed by atoms with Crippen LogP contribution in [0, 0.1) is 0 Å². The zero-order valence-corrected chi connectivity index (χ0v) is 11.5. The van der Waals surface area contributed by atoms with Crippen LogP contribution in [-0.4, -0.2) is 14.7 Å². The van der Waals surface area contributed by atoms with Crippen molar-refractivity contribution in [2.24, 2.45) is 0 Å². The van der Waals surface area contributed by atoms with Crippen molar-refractivity contribution in [3.05, 3.63) is 65.5 Å². The van der Waals surface area contributed by atoms with E-state index >= 15 is 0 Å². The molecule has 6 heteroatoms. The molecule has 22 heavy (non-hydrogen) atoms. The number of imidazole rings is 1. The molecule has 1 aromatic heterocycles. The molecule has 0 aliphatic heterocycles. The number of hydrogen-bond acceptors (Lipinski definition) is 2. The molecule has 3 aromatic rings. The lowest BCUT2D eigenvalue weighted by molar-refractivity contribution is -0.137. The number of rotatable bonds is 3. The van der Waals surface area contributed by atoms with Crippen LogP contribution in [0.3, 0.4) is 0 Å². The number of fused-ring (bicyclic) bond motifs is 1. The van der Waals surface area contributed by atoms with Gasteiger partial charge in [0.2, 0.25) is 0 Å². The summed E-state index contributed by atoms with van der Waals surface area (Å²) in [6, 6.07) is 12.5. The van der Waals surface area contributed by atoms with Gasteiger partial charge in [-0.15, -0.1) is 0 Å². The lowest BCUT2D eigenvalue weighted by Gasteiger charge is -2.11. The normalized spacial score (nSPS) is 12.0. The molecule has 0 amide bonds. The number of hydrogen-bond donors (Lipinski definition) is 1. The number of benzene rings is 2. The van der Waals surface area contributed by atoms with Crippen LogP contribution in [0.5, 0.6) is 0 Å². The first-order valence-electron chi connectivity index (χ1n) is 6.70. The van der Waals surface area contributed by atoms with Crippen LogP contribution in [-0.2, 0) is 19.3 Å². The predicted molar refractivity (Wildman–Crippen MR) is 76.2 cm³/mol. The Bertz CT molecular complexity index is 809. The molecule has 0 radical (unpaired) electrons. The van der Waals surface area contributed by atoms with Crippen LogP contribution in [0.15, 0.2) is 48.5 Å². The minimum atomic E-state index is -4.37.